The van der Waals surface area contributed by atoms with Gasteiger partial charge in [-0.1, -0.05) is 29.3 Å². The minimum atomic E-state index is -4.41. The van der Waals surface area contributed by atoms with E-state index in [0.717, 1.165) is 16.8 Å². The third-order valence-corrected chi connectivity index (χ3v) is 8.46. The van der Waals surface area contributed by atoms with Crippen LogP contribution in [0.25, 0.3) is 17.2 Å². The summed E-state index contributed by atoms with van der Waals surface area (Å²) >= 11 is 12.6. The van der Waals surface area contributed by atoms with Crippen LogP contribution in [-0.4, -0.2) is 50.5 Å². The van der Waals surface area contributed by atoms with Crippen LogP contribution in [0.5, 0.6) is 0 Å². The number of rotatable bonds is 10. The fourth-order valence-electron chi connectivity index (χ4n) is 4.53. The normalized spacial score (nSPS) is 15.2. The maximum Gasteiger partial charge on any atom is 0.377 e. The van der Waals surface area contributed by atoms with Crippen molar-refractivity contribution in [3.63, 3.8) is 0 Å². The first-order valence-electron chi connectivity index (χ1n) is 11.8. The van der Waals surface area contributed by atoms with Crippen molar-refractivity contribution in [2.24, 2.45) is 0 Å². The molecule has 0 aliphatic carbocycles. The Morgan fingerprint density at radius 2 is 1.55 bits per heavy atom. The fourth-order valence-corrected chi connectivity index (χ4v) is 5.81. The predicted molar refractivity (Wildman–Crippen MR) is 144 cm³/mol. The van der Waals surface area contributed by atoms with Gasteiger partial charge in [0.25, 0.3) is 5.52 Å². The van der Waals surface area contributed by atoms with E-state index in [1.54, 1.807) is 22.8 Å². The maximum atomic E-state index is 11.3. The number of hydrogen-bond acceptors (Lipinski definition) is 9. The Morgan fingerprint density at radius 3 is 2.16 bits per heavy atom. The van der Waals surface area contributed by atoms with Crippen LogP contribution in [0, 0.1) is 6.92 Å². The molecule has 4 rings (SSSR count). The molecule has 3 aromatic rings. The van der Waals surface area contributed by atoms with E-state index in [9.17, 15) is 25.9 Å². The number of halogens is 2. The Hall–Kier alpha value is -2.35. The molecule has 0 spiro atoms. The van der Waals surface area contributed by atoms with E-state index in [0.29, 0.717) is 39.6 Å². The summed E-state index contributed by atoms with van der Waals surface area (Å²) in [5.74, 6) is -0.0278. The van der Waals surface area contributed by atoms with Crippen molar-refractivity contribution in [3.8, 4) is 0 Å². The van der Waals surface area contributed by atoms with Crippen LogP contribution < -0.4 is 14.4 Å². The van der Waals surface area contributed by atoms with E-state index >= 15 is 0 Å². The van der Waals surface area contributed by atoms with Crippen molar-refractivity contribution in [3.05, 3.63) is 57.7 Å². The van der Waals surface area contributed by atoms with Crippen molar-refractivity contribution < 1.29 is 34.9 Å². The number of nitrogens with zero attached hydrogens (tertiary/aromatic N) is 3. The lowest BCUT2D eigenvalue weighted by Gasteiger charge is -2.24. The van der Waals surface area contributed by atoms with E-state index in [2.05, 4.69) is 0 Å². The highest BCUT2D eigenvalue weighted by molar-refractivity contribution is 7.85. The molecule has 0 fully saturated rings. The van der Waals surface area contributed by atoms with Gasteiger partial charge in [-0.15, -0.1) is 0 Å². The number of aromatic nitrogens is 1. The Kier molecular flexibility index (Phi) is 8.31. The first-order chi connectivity index (χ1) is 17.8. The second-order valence-electron chi connectivity index (χ2n) is 8.95. The predicted octanol–water partition coefficient (Wildman–Crippen LogP) is 3.85. The van der Waals surface area contributed by atoms with E-state index in [1.165, 1.54) is 0 Å². The molecule has 0 saturated heterocycles. The molecule has 0 bridgehead atoms. The van der Waals surface area contributed by atoms with E-state index in [-0.39, 0.29) is 25.9 Å². The molecular weight excluding hydrogens is 577 g/mol. The van der Waals surface area contributed by atoms with Gasteiger partial charge >= 0.3 is 5.89 Å². The highest BCUT2D eigenvalue weighted by atomic mass is 35.5. The summed E-state index contributed by atoms with van der Waals surface area (Å²) < 4.78 is 75.4. The SMILES string of the molecule is CCN1C(=Cc2oc3ccc(C)cc3[n+]2CCCS(=O)(=O)[O-])N(CCCS(=O)(=O)[O-])c2cc(Cl)c(Cl)cc21. The number of hydrogen-bond donors (Lipinski definition) is 0. The van der Waals surface area contributed by atoms with Crippen molar-refractivity contribution in [2.75, 3.05) is 34.4 Å². The minimum absolute atomic E-state index is 0.0705. The third-order valence-electron chi connectivity index (χ3n) is 6.16. The summed E-state index contributed by atoms with van der Waals surface area (Å²) in [6, 6.07) is 9.01. The van der Waals surface area contributed by atoms with Crippen molar-refractivity contribution in [1.82, 2.24) is 0 Å². The number of benzene rings is 2. The zero-order valence-corrected chi connectivity index (χ0v) is 23.8. The quantitative estimate of drug-likeness (QED) is 0.250. The number of oxazole rings is 1. The summed E-state index contributed by atoms with van der Waals surface area (Å²) in [6.45, 7) is 4.77. The van der Waals surface area contributed by atoms with Crippen molar-refractivity contribution in [2.45, 2.75) is 33.2 Å². The summed E-state index contributed by atoms with van der Waals surface area (Å²) in [5, 5.41) is 0.664. The van der Waals surface area contributed by atoms with Gasteiger partial charge < -0.3 is 23.3 Å². The molecule has 1 aromatic heterocycles. The Balaban J connectivity index is 1.83. The van der Waals surface area contributed by atoms with Gasteiger partial charge in [-0.05, 0) is 44.0 Å². The monoisotopic (exact) mass is 602 g/mol. The summed E-state index contributed by atoms with van der Waals surface area (Å²) in [4.78, 5) is 3.80. The molecule has 2 heterocycles. The van der Waals surface area contributed by atoms with Gasteiger partial charge in [-0.2, -0.15) is 4.57 Å². The Morgan fingerprint density at radius 1 is 0.947 bits per heavy atom. The topological polar surface area (TPSA) is 138 Å². The first kappa shape index (κ1) is 28.7. The van der Waals surface area contributed by atoms with E-state index < -0.39 is 31.7 Å². The second kappa shape index (κ2) is 11.0. The molecular formula is C24H26Cl2N3O7S2-. The van der Waals surface area contributed by atoms with Gasteiger partial charge in [0.15, 0.2) is 6.54 Å². The minimum Gasteiger partial charge on any atom is -0.748 e. The fraction of sp³-hybridized carbons (Fsp3) is 0.375. The molecule has 0 radical (unpaired) electrons. The molecule has 38 heavy (non-hydrogen) atoms. The molecule has 10 nitrogen and oxygen atoms in total. The molecule has 2 aromatic carbocycles. The molecule has 1 aliphatic heterocycles. The third kappa shape index (κ3) is 6.44. The lowest BCUT2D eigenvalue weighted by atomic mass is 10.2. The number of fused-ring (bicyclic) bond motifs is 2. The molecule has 0 saturated carbocycles. The smallest absolute Gasteiger partial charge is 0.377 e. The van der Waals surface area contributed by atoms with Crippen molar-refractivity contribution >= 4 is 72.0 Å². The molecule has 1 aliphatic rings. The average Bonchev–Trinajstić information content (AvgIpc) is 3.27. The van der Waals surface area contributed by atoms with E-state index in [4.69, 9.17) is 27.6 Å². The van der Waals surface area contributed by atoms with E-state index in [1.807, 2.05) is 41.8 Å². The molecule has 0 unspecified atom stereocenters. The molecule has 0 N–H and O–H groups in total. The van der Waals surface area contributed by atoms with Crippen LogP contribution in [0.4, 0.5) is 11.4 Å². The lowest BCUT2D eigenvalue weighted by Crippen LogP contribution is -2.37. The van der Waals surface area contributed by atoms with Crippen LogP contribution in [0.3, 0.4) is 0 Å². The molecule has 14 heteroatoms. The van der Waals surface area contributed by atoms with Gasteiger partial charge in [0.05, 0.1) is 47.7 Å². The largest absolute Gasteiger partial charge is 0.748 e. The second-order valence-corrected chi connectivity index (χ2v) is 12.8. The van der Waals surface area contributed by atoms with Gasteiger partial charge in [-0.25, -0.2) is 16.8 Å². The lowest BCUT2D eigenvalue weighted by molar-refractivity contribution is -0.677. The number of aryl methyl sites for hydroxylation is 2. The van der Waals surface area contributed by atoms with Crippen LogP contribution in [0.1, 0.15) is 31.2 Å². The Bertz CT molecular complexity index is 1620. The van der Waals surface area contributed by atoms with Crippen LogP contribution >= 0.6 is 23.2 Å². The van der Waals surface area contributed by atoms with Gasteiger partial charge in [0.1, 0.15) is 5.82 Å². The Labute approximate surface area is 231 Å². The molecule has 206 valence electrons. The average molecular weight is 604 g/mol. The zero-order chi connectivity index (χ0) is 27.8. The van der Waals surface area contributed by atoms with Gasteiger partial charge in [0, 0.05) is 37.1 Å². The highest BCUT2D eigenvalue weighted by Crippen LogP contribution is 2.46. The molecule has 0 amide bonds. The summed E-state index contributed by atoms with van der Waals surface area (Å²) in [6.07, 6.45) is 1.92. The van der Waals surface area contributed by atoms with Crippen LogP contribution in [0.2, 0.25) is 10.0 Å². The zero-order valence-electron chi connectivity index (χ0n) is 20.7. The highest BCUT2D eigenvalue weighted by Gasteiger charge is 2.34. The first-order valence-corrected chi connectivity index (χ1v) is 15.7. The standard InChI is InChI=1S/C24H27Cl2N3O7S2/c1-3-27-19-13-17(25)18(26)14-20(19)28(8-4-10-37(30,31)32)23(27)15-24-29(9-5-11-38(33,34)35)21-12-16(2)6-7-22(21)36-24/h6-7,12-15H,3-5,8-11H2,1-2H3,(H-,30,31,32,33,34,35)/p-1. The van der Waals surface area contributed by atoms with Gasteiger partial charge in [-0.3, -0.25) is 0 Å². The van der Waals surface area contributed by atoms with Gasteiger partial charge in [0.2, 0.25) is 5.58 Å². The number of anilines is 2. The summed E-state index contributed by atoms with van der Waals surface area (Å²) in [7, 11) is -8.80. The summed E-state index contributed by atoms with van der Waals surface area (Å²) in [5.41, 5.74) is 3.70. The molecule has 0 atom stereocenters. The van der Waals surface area contributed by atoms with Crippen LogP contribution in [0.15, 0.2) is 40.6 Å². The van der Waals surface area contributed by atoms with Crippen molar-refractivity contribution in [1.29, 1.82) is 0 Å². The van der Waals surface area contributed by atoms with Crippen LogP contribution in [-0.2, 0) is 26.8 Å². The maximum absolute atomic E-state index is 11.3.